The smallest absolute Gasteiger partial charge is 0.327 e. The number of carbonyl (C=O) groups excluding carboxylic acids is 1. The molecule has 5 nitrogen and oxygen atoms in total. The summed E-state index contributed by atoms with van der Waals surface area (Å²) in [5.41, 5.74) is 0. The Hall–Kier alpha value is -1.54. The summed E-state index contributed by atoms with van der Waals surface area (Å²) in [4.78, 5) is 22.2. The molecular weight excluding hydrogens is 220 g/mol. The Kier molecular flexibility index (Phi) is 5.50. The van der Waals surface area contributed by atoms with Crippen LogP contribution in [0.2, 0.25) is 0 Å². The highest BCUT2D eigenvalue weighted by molar-refractivity contribution is 5.84. The van der Waals surface area contributed by atoms with Gasteiger partial charge in [0.15, 0.2) is 0 Å². The topological polar surface area (TPSA) is 78.4 Å². The molecule has 0 aromatic heterocycles. The molecule has 1 rings (SSSR count). The van der Waals surface area contributed by atoms with Gasteiger partial charge in [-0.15, -0.1) is 12.3 Å². The van der Waals surface area contributed by atoms with E-state index in [4.69, 9.17) is 11.5 Å². The highest BCUT2D eigenvalue weighted by Crippen LogP contribution is 2.17. The van der Waals surface area contributed by atoms with Crippen molar-refractivity contribution >= 4 is 11.9 Å². The lowest BCUT2D eigenvalue weighted by atomic mass is 10.2. The van der Waals surface area contributed by atoms with Gasteiger partial charge in [0.05, 0.1) is 6.54 Å². The number of nitrogens with one attached hydrogen (secondary N) is 2. The largest absolute Gasteiger partial charge is 0.480 e. The molecule has 1 unspecified atom stereocenters. The van der Waals surface area contributed by atoms with E-state index in [1.807, 2.05) is 0 Å². The van der Waals surface area contributed by atoms with Crippen molar-refractivity contribution in [3.05, 3.63) is 0 Å². The van der Waals surface area contributed by atoms with Crippen molar-refractivity contribution in [3.8, 4) is 12.3 Å². The zero-order valence-corrected chi connectivity index (χ0v) is 9.74. The first-order valence-electron chi connectivity index (χ1n) is 5.82. The third-order valence-electron chi connectivity index (χ3n) is 2.86. The van der Waals surface area contributed by atoms with Crippen molar-refractivity contribution < 1.29 is 14.7 Å². The molecule has 0 bridgehead atoms. The molecule has 0 aromatic rings. The maximum atomic E-state index is 11.5. The normalized spacial score (nSPS) is 17.4. The molecule has 0 heterocycles. The minimum absolute atomic E-state index is 0.00447. The summed E-state index contributed by atoms with van der Waals surface area (Å²) >= 11 is 0. The lowest BCUT2D eigenvalue weighted by molar-refractivity contribution is -0.141. The fourth-order valence-corrected chi connectivity index (χ4v) is 1.93. The van der Waals surface area contributed by atoms with Gasteiger partial charge in [0, 0.05) is 12.5 Å². The van der Waals surface area contributed by atoms with Crippen molar-refractivity contribution in [3.63, 3.8) is 0 Å². The van der Waals surface area contributed by atoms with E-state index in [2.05, 4.69) is 16.6 Å². The van der Waals surface area contributed by atoms with Gasteiger partial charge in [-0.3, -0.25) is 4.79 Å². The average molecular weight is 238 g/mol. The summed E-state index contributed by atoms with van der Waals surface area (Å²) in [7, 11) is 0. The average Bonchev–Trinajstić information content (AvgIpc) is 2.78. The SMILES string of the molecule is C#CCC(NC(=O)CNC1CCCC1)C(=O)O. The number of carbonyl (C=O) groups is 2. The van der Waals surface area contributed by atoms with E-state index >= 15 is 0 Å². The van der Waals surface area contributed by atoms with E-state index in [1.54, 1.807) is 0 Å². The Balaban J connectivity index is 2.26. The van der Waals surface area contributed by atoms with Crippen LogP contribution in [0.15, 0.2) is 0 Å². The summed E-state index contributed by atoms with van der Waals surface area (Å²) in [5.74, 6) is 0.816. The predicted molar refractivity (Wildman–Crippen MR) is 63.3 cm³/mol. The maximum Gasteiger partial charge on any atom is 0.327 e. The summed E-state index contributed by atoms with van der Waals surface area (Å²) < 4.78 is 0. The molecule has 1 aliphatic carbocycles. The van der Waals surface area contributed by atoms with Gasteiger partial charge in [-0.25, -0.2) is 4.79 Å². The molecule has 17 heavy (non-hydrogen) atoms. The molecule has 0 spiro atoms. The second kappa shape index (κ2) is 6.92. The molecular formula is C12H18N2O3. The number of carboxylic acids is 1. The third kappa shape index (κ3) is 4.87. The number of carboxylic acid groups (broad SMARTS) is 1. The van der Waals surface area contributed by atoms with Gasteiger partial charge in [-0.2, -0.15) is 0 Å². The standard InChI is InChI=1S/C12H18N2O3/c1-2-5-10(12(16)17)14-11(15)8-13-9-6-3-4-7-9/h1,9-10,13H,3-8H2,(H,14,15)(H,16,17). The third-order valence-corrected chi connectivity index (χ3v) is 2.86. The molecule has 0 radical (unpaired) electrons. The van der Waals surface area contributed by atoms with E-state index in [9.17, 15) is 9.59 Å². The van der Waals surface area contributed by atoms with Crippen molar-refractivity contribution in [1.82, 2.24) is 10.6 Å². The van der Waals surface area contributed by atoms with Gasteiger partial charge in [0.25, 0.3) is 0 Å². The van der Waals surface area contributed by atoms with Gasteiger partial charge in [0.1, 0.15) is 6.04 Å². The second-order valence-corrected chi connectivity index (χ2v) is 4.23. The summed E-state index contributed by atoms with van der Waals surface area (Å²) in [5, 5.41) is 14.3. The van der Waals surface area contributed by atoms with Crippen LogP contribution >= 0.6 is 0 Å². The van der Waals surface area contributed by atoms with Crippen LogP contribution in [0.4, 0.5) is 0 Å². The Labute approximate surface area is 101 Å². The van der Waals surface area contributed by atoms with Gasteiger partial charge in [-0.1, -0.05) is 12.8 Å². The number of amides is 1. The Morgan fingerprint density at radius 2 is 2.06 bits per heavy atom. The molecule has 1 amide bonds. The van der Waals surface area contributed by atoms with Crippen molar-refractivity contribution in [1.29, 1.82) is 0 Å². The van der Waals surface area contributed by atoms with Crippen molar-refractivity contribution in [2.24, 2.45) is 0 Å². The Morgan fingerprint density at radius 3 is 2.59 bits per heavy atom. The quantitative estimate of drug-likeness (QED) is 0.574. The lowest BCUT2D eigenvalue weighted by Crippen LogP contribution is -2.45. The van der Waals surface area contributed by atoms with Gasteiger partial charge >= 0.3 is 5.97 Å². The molecule has 1 fully saturated rings. The fraction of sp³-hybridized carbons (Fsp3) is 0.667. The zero-order chi connectivity index (χ0) is 12.7. The molecule has 0 aliphatic heterocycles. The van der Waals surface area contributed by atoms with Crippen molar-refractivity contribution in [2.75, 3.05) is 6.54 Å². The summed E-state index contributed by atoms with van der Waals surface area (Å²) in [6.07, 6.45) is 9.58. The molecule has 94 valence electrons. The van der Waals surface area contributed by atoms with E-state index in [-0.39, 0.29) is 18.9 Å². The van der Waals surface area contributed by atoms with Gasteiger partial charge in [0.2, 0.25) is 5.91 Å². The molecule has 1 aliphatic rings. The van der Waals surface area contributed by atoms with Crippen molar-refractivity contribution in [2.45, 2.75) is 44.2 Å². The number of terminal acetylenes is 1. The molecule has 0 saturated heterocycles. The second-order valence-electron chi connectivity index (χ2n) is 4.23. The fourth-order valence-electron chi connectivity index (χ4n) is 1.93. The van der Waals surface area contributed by atoms with E-state index < -0.39 is 12.0 Å². The first-order valence-corrected chi connectivity index (χ1v) is 5.82. The number of aliphatic carboxylic acids is 1. The maximum absolute atomic E-state index is 11.5. The van der Waals surface area contributed by atoms with Crippen LogP contribution in [0.5, 0.6) is 0 Å². The lowest BCUT2D eigenvalue weighted by Gasteiger charge is -2.14. The van der Waals surface area contributed by atoms with Crippen LogP contribution < -0.4 is 10.6 Å². The first kappa shape index (κ1) is 13.5. The van der Waals surface area contributed by atoms with Gasteiger partial charge in [-0.05, 0) is 12.8 Å². The Morgan fingerprint density at radius 1 is 1.41 bits per heavy atom. The predicted octanol–water partition coefficient (Wildman–Crippen LogP) is 0.111. The highest BCUT2D eigenvalue weighted by atomic mass is 16.4. The minimum atomic E-state index is -1.10. The van der Waals surface area contributed by atoms with E-state index in [0.29, 0.717) is 6.04 Å². The van der Waals surface area contributed by atoms with Gasteiger partial charge < -0.3 is 15.7 Å². The van der Waals surface area contributed by atoms with Crippen LogP contribution in [0.1, 0.15) is 32.1 Å². The van der Waals surface area contributed by atoms with Crippen LogP contribution in [0.3, 0.4) is 0 Å². The molecule has 1 saturated carbocycles. The zero-order valence-electron chi connectivity index (χ0n) is 9.74. The van der Waals surface area contributed by atoms with Crippen LogP contribution in [0.25, 0.3) is 0 Å². The van der Waals surface area contributed by atoms with Crippen LogP contribution in [0, 0.1) is 12.3 Å². The van der Waals surface area contributed by atoms with Crippen LogP contribution in [-0.4, -0.2) is 35.6 Å². The summed E-state index contributed by atoms with van der Waals surface area (Å²) in [6, 6.07) is -0.602. The van der Waals surface area contributed by atoms with Crippen LogP contribution in [-0.2, 0) is 9.59 Å². The highest BCUT2D eigenvalue weighted by Gasteiger charge is 2.20. The van der Waals surface area contributed by atoms with E-state index in [0.717, 1.165) is 12.8 Å². The summed E-state index contributed by atoms with van der Waals surface area (Å²) in [6.45, 7) is 0.152. The first-order chi connectivity index (χ1) is 8.13. The molecule has 1 atom stereocenters. The molecule has 5 heteroatoms. The van der Waals surface area contributed by atoms with E-state index in [1.165, 1.54) is 12.8 Å². The number of hydrogen-bond donors (Lipinski definition) is 3. The monoisotopic (exact) mass is 238 g/mol. The molecule has 3 N–H and O–H groups in total. The minimum Gasteiger partial charge on any atom is -0.480 e. The Bertz CT molecular complexity index is 316. The number of hydrogen-bond acceptors (Lipinski definition) is 3. The number of rotatable bonds is 6. The molecule has 0 aromatic carbocycles.